The predicted molar refractivity (Wildman–Crippen MR) is 70.9 cm³/mol. The maximum atomic E-state index is 11.4. The van der Waals surface area contributed by atoms with Crippen molar-refractivity contribution in [3.63, 3.8) is 0 Å². The van der Waals surface area contributed by atoms with Gasteiger partial charge >= 0.3 is 0 Å². The van der Waals surface area contributed by atoms with Crippen LogP contribution in [0.1, 0.15) is 37.4 Å². The lowest BCUT2D eigenvalue weighted by molar-refractivity contribution is 0.225. The smallest absolute Gasteiger partial charge is 0.282 e. The molecular weight excluding hydrogens is 242 g/mol. The largest absolute Gasteiger partial charge is 0.381 e. The summed E-state index contributed by atoms with van der Waals surface area (Å²) in [5.74, 6) is 1.97. The molecule has 5 nitrogen and oxygen atoms in total. The Hall–Kier alpha value is -1.78. The summed E-state index contributed by atoms with van der Waals surface area (Å²) < 4.78 is 8.94. The van der Waals surface area contributed by atoms with Gasteiger partial charge in [0.1, 0.15) is 5.76 Å². The second-order valence-corrected chi connectivity index (χ2v) is 5.45. The molecule has 0 amide bonds. The highest BCUT2D eigenvalue weighted by atomic mass is 16.5. The average Bonchev–Trinajstić information content (AvgIpc) is 3.02. The Morgan fingerprint density at radius 1 is 1.37 bits per heavy atom. The van der Waals surface area contributed by atoms with Crippen LogP contribution in [0, 0.1) is 5.92 Å². The van der Waals surface area contributed by atoms with Crippen LogP contribution in [0.15, 0.2) is 34.1 Å². The molecule has 0 spiro atoms. The van der Waals surface area contributed by atoms with E-state index in [4.69, 9.17) is 4.52 Å². The monoisotopic (exact) mass is 261 g/mol. The molecule has 2 heterocycles. The summed E-state index contributed by atoms with van der Waals surface area (Å²) >= 11 is 0. The van der Waals surface area contributed by atoms with E-state index in [1.165, 1.54) is 17.6 Å². The van der Waals surface area contributed by atoms with E-state index < -0.39 is 0 Å². The van der Waals surface area contributed by atoms with Gasteiger partial charge in [0.2, 0.25) is 0 Å². The zero-order valence-corrected chi connectivity index (χ0v) is 11.2. The van der Waals surface area contributed by atoms with Crippen molar-refractivity contribution in [3.05, 3.63) is 40.9 Å². The van der Waals surface area contributed by atoms with Crippen LogP contribution in [-0.2, 0) is 13.6 Å². The molecule has 1 fully saturated rings. The van der Waals surface area contributed by atoms with Gasteiger partial charge in [0.05, 0.1) is 6.33 Å². The first-order valence-corrected chi connectivity index (χ1v) is 6.85. The Bertz CT molecular complexity index is 574. The molecule has 1 saturated carbocycles. The van der Waals surface area contributed by atoms with Crippen molar-refractivity contribution >= 4 is 0 Å². The van der Waals surface area contributed by atoms with Gasteiger partial charge in [-0.3, -0.25) is 4.79 Å². The minimum absolute atomic E-state index is 0.0458. The summed E-state index contributed by atoms with van der Waals surface area (Å²) in [6.45, 7) is 1.05. The lowest BCUT2D eigenvalue weighted by Gasteiger charge is -2.27. The number of nitrogens with zero attached hydrogens (tertiary/aromatic N) is 3. The van der Waals surface area contributed by atoms with Crippen molar-refractivity contribution in [3.8, 4) is 0 Å². The van der Waals surface area contributed by atoms with Gasteiger partial charge in [-0.25, -0.2) is 4.98 Å². The molecule has 0 unspecified atom stereocenters. The Balaban J connectivity index is 1.58. The highest BCUT2D eigenvalue weighted by Gasteiger charge is 2.25. The number of hydrogen-bond donors (Lipinski definition) is 0. The summed E-state index contributed by atoms with van der Waals surface area (Å²) in [5.41, 5.74) is -0.0458. The maximum absolute atomic E-state index is 11.4. The number of imidazole rings is 1. The molecule has 5 heteroatoms. The van der Waals surface area contributed by atoms with Gasteiger partial charge in [-0.1, -0.05) is 0 Å². The zero-order chi connectivity index (χ0) is 13.2. The summed E-state index contributed by atoms with van der Waals surface area (Å²) in [7, 11) is 1.66. The lowest BCUT2D eigenvalue weighted by Crippen LogP contribution is -2.17. The van der Waals surface area contributed by atoms with Crippen molar-refractivity contribution in [2.24, 2.45) is 13.0 Å². The van der Waals surface area contributed by atoms with Gasteiger partial charge in [0, 0.05) is 38.0 Å². The van der Waals surface area contributed by atoms with Crippen molar-refractivity contribution in [2.45, 2.75) is 38.1 Å². The van der Waals surface area contributed by atoms with E-state index in [2.05, 4.69) is 9.55 Å². The molecule has 1 aliphatic rings. The van der Waals surface area contributed by atoms with Crippen molar-refractivity contribution in [1.82, 2.24) is 14.3 Å². The normalized spacial score (nSPS) is 23.6. The maximum Gasteiger partial charge on any atom is 0.282 e. The van der Waals surface area contributed by atoms with Gasteiger partial charge < -0.3 is 9.09 Å². The number of aryl methyl sites for hydroxylation is 1. The highest BCUT2D eigenvalue weighted by Crippen LogP contribution is 2.35. The summed E-state index contributed by atoms with van der Waals surface area (Å²) in [6, 6.07) is 1.64. The topological polar surface area (TPSA) is 53.0 Å². The van der Waals surface area contributed by atoms with Crippen LogP contribution >= 0.6 is 0 Å². The minimum atomic E-state index is -0.0458. The standard InChI is InChI=1S/C14H19N3O2/c1-16-14(18)8-13(19-16)12-4-2-11(3-5-12)9-17-7-6-15-10-17/h6-8,10-12H,2-5,9H2,1H3. The van der Waals surface area contributed by atoms with Gasteiger partial charge in [0.15, 0.2) is 0 Å². The van der Waals surface area contributed by atoms with Gasteiger partial charge in [-0.05, 0) is 31.6 Å². The Morgan fingerprint density at radius 2 is 2.16 bits per heavy atom. The first-order chi connectivity index (χ1) is 9.22. The highest BCUT2D eigenvalue weighted by molar-refractivity contribution is 5.04. The average molecular weight is 261 g/mol. The van der Waals surface area contributed by atoms with Gasteiger partial charge in [-0.2, -0.15) is 4.74 Å². The van der Waals surface area contributed by atoms with Crippen molar-refractivity contribution in [1.29, 1.82) is 0 Å². The first-order valence-electron chi connectivity index (χ1n) is 6.85. The van der Waals surface area contributed by atoms with Crippen LogP contribution in [0.2, 0.25) is 0 Å². The zero-order valence-electron chi connectivity index (χ0n) is 11.2. The minimum Gasteiger partial charge on any atom is -0.381 e. The fourth-order valence-corrected chi connectivity index (χ4v) is 2.96. The second-order valence-electron chi connectivity index (χ2n) is 5.45. The fraction of sp³-hybridized carbons (Fsp3) is 0.571. The third-order valence-corrected chi connectivity index (χ3v) is 4.10. The Labute approximate surface area is 111 Å². The second kappa shape index (κ2) is 5.07. The summed E-state index contributed by atoms with van der Waals surface area (Å²) in [5, 5.41) is 0. The molecule has 102 valence electrons. The third kappa shape index (κ3) is 2.64. The molecule has 2 aromatic heterocycles. The van der Waals surface area contributed by atoms with Crippen molar-refractivity contribution in [2.75, 3.05) is 0 Å². The molecule has 19 heavy (non-hydrogen) atoms. The lowest BCUT2D eigenvalue weighted by atomic mass is 9.81. The van der Waals surface area contributed by atoms with Crippen LogP contribution in [-0.4, -0.2) is 14.3 Å². The van der Waals surface area contributed by atoms with E-state index in [-0.39, 0.29) is 5.56 Å². The van der Waals surface area contributed by atoms with Crippen LogP contribution in [0.25, 0.3) is 0 Å². The predicted octanol–water partition coefficient (Wildman–Crippen LogP) is 2.15. The SMILES string of the molecule is Cn1oc(C2CCC(Cn3ccnc3)CC2)cc1=O. The molecule has 3 rings (SSSR count). The Kier molecular flexibility index (Phi) is 3.27. The van der Waals surface area contributed by atoms with Crippen LogP contribution in [0.4, 0.5) is 0 Å². The molecule has 0 atom stereocenters. The van der Waals surface area contributed by atoms with Crippen LogP contribution in [0.5, 0.6) is 0 Å². The first kappa shape index (κ1) is 12.3. The molecule has 0 aromatic carbocycles. The van der Waals surface area contributed by atoms with E-state index in [1.54, 1.807) is 13.1 Å². The third-order valence-electron chi connectivity index (χ3n) is 4.10. The molecule has 0 saturated heterocycles. The van der Waals surface area contributed by atoms with E-state index in [9.17, 15) is 4.79 Å². The molecule has 0 N–H and O–H groups in total. The van der Waals surface area contributed by atoms with E-state index in [0.29, 0.717) is 11.8 Å². The fourth-order valence-electron chi connectivity index (χ4n) is 2.96. The van der Waals surface area contributed by atoms with Crippen molar-refractivity contribution < 1.29 is 4.52 Å². The number of rotatable bonds is 3. The molecule has 2 aromatic rings. The molecular formula is C14H19N3O2. The summed E-state index contributed by atoms with van der Waals surface area (Å²) in [6.07, 6.45) is 10.3. The van der Waals surface area contributed by atoms with Gasteiger partial charge in [0.25, 0.3) is 5.56 Å². The number of aromatic nitrogens is 3. The van der Waals surface area contributed by atoms with Crippen LogP contribution in [0.3, 0.4) is 0 Å². The van der Waals surface area contributed by atoms with E-state index in [1.807, 2.05) is 18.7 Å². The summed E-state index contributed by atoms with van der Waals surface area (Å²) in [4.78, 5) is 15.5. The number of hydrogen-bond acceptors (Lipinski definition) is 3. The van der Waals surface area contributed by atoms with Crippen LogP contribution < -0.4 is 5.56 Å². The van der Waals surface area contributed by atoms with Gasteiger partial charge in [-0.15, -0.1) is 0 Å². The van der Waals surface area contributed by atoms with E-state index >= 15 is 0 Å². The molecule has 0 radical (unpaired) electrons. The molecule has 0 bridgehead atoms. The molecule has 1 aliphatic carbocycles. The quantitative estimate of drug-likeness (QED) is 0.850. The molecule has 0 aliphatic heterocycles. The Morgan fingerprint density at radius 3 is 2.74 bits per heavy atom. The van der Waals surface area contributed by atoms with E-state index in [0.717, 1.165) is 25.1 Å².